The Morgan fingerprint density at radius 1 is 1.40 bits per heavy atom. The number of halogens is 1. The predicted octanol–water partition coefficient (Wildman–Crippen LogP) is 1.39. The minimum Gasteiger partial charge on any atom is -0.395 e. The zero-order valence-electron chi connectivity index (χ0n) is 11.5. The molecule has 0 spiro atoms. The summed E-state index contributed by atoms with van der Waals surface area (Å²) in [7, 11) is -3.43. The molecule has 1 aromatic rings. The zero-order valence-corrected chi connectivity index (χ0v) is 12.3. The van der Waals surface area contributed by atoms with E-state index < -0.39 is 21.1 Å². The van der Waals surface area contributed by atoms with Crippen molar-refractivity contribution in [3.63, 3.8) is 0 Å². The van der Waals surface area contributed by atoms with Crippen LogP contribution in [-0.4, -0.2) is 25.4 Å². The average molecular weight is 299 g/mol. The van der Waals surface area contributed by atoms with Crippen LogP contribution in [-0.2, 0) is 16.6 Å². The van der Waals surface area contributed by atoms with Crippen LogP contribution in [0.3, 0.4) is 0 Å². The molecule has 0 radical (unpaired) electrons. The van der Waals surface area contributed by atoms with Gasteiger partial charge < -0.3 is 5.11 Å². The summed E-state index contributed by atoms with van der Waals surface area (Å²) in [5.74, 6) is 5.02. The second-order valence-corrected chi connectivity index (χ2v) is 6.82. The molecule has 0 aliphatic heterocycles. The summed E-state index contributed by atoms with van der Waals surface area (Å²) in [4.78, 5) is 0. The van der Waals surface area contributed by atoms with Gasteiger partial charge in [0.05, 0.1) is 11.9 Å². The fourth-order valence-corrected chi connectivity index (χ4v) is 2.04. The van der Waals surface area contributed by atoms with E-state index in [9.17, 15) is 12.8 Å². The number of sulfonamides is 1. The van der Waals surface area contributed by atoms with Crippen LogP contribution in [0.4, 0.5) is 4.39 Å². The van der Waals surface area contributed by atoms with Gasteiger partial charge in [-0.05, 0) is 32.0 Å². The van der Waals surface area contributed by atoms with E-state index in [-0.39, 0.29) is 18.7 Å². The molecule has 0 aliphatic rings. The normalized spacial score (nSPS) is 11.2. The van der Waals surface area contributed by atoms with Gasteiger partial charge in [-0.3, -0.25) is 0 Å². The molecule has 0 aliphatic carbocycles. The fraction of sp³-hybridized carbons (Fsp3) is 0.429. The summed E-state index contributed by atoms with van der Waals surface area (Å²) < 4.78 is 39.2. The highest BCUT2D eigenvalue weighted by Crippen LogP contribution is 2.11. The molecule has 0 atom stereocenters. The SMILES string of the molecule is CC(C)S(=O)(=O)NCc1cc(C#CCCO)ccc1F. The third kappa shape index (κ3) is 4.93. The number of hydrogen-bond donors (Lipinski definition) is 2. The van der Waals surface area contributed by atoms with Crippen molar-refractivity contribution in [1.29, 1.82) is 0 Å². The molecule has 0 heterocycles. The Morgan fingerprint density at radius 3 is 2.70 bits per heavy atom. The van der Waals surface area contributed by atoms with E-state index in [0.29, 0.717) is 12.0 Å². The van der Waals surface area contributed by atoms with Gasteiger partial charge in [0.1, 0.15) is 5.82 Å². The molecule has 4 nitrogen and oxygen atoms in total. The third-order valence-electron chi connectivity index (χ3n) is 2.60. The van der Waals surface area contributed by atoms with Crippen LogP contribution < -0.4 is 4.72 Å². The molecule has 0 amide bonds. The van der Waals surface area contributed by atoms with Crippen molar-refractivity contribution >= 4 is 10.0 Å². The van der Waals surface area contributed by atoms with Crippen molar-refractivity contribution in [3.05, 3.63) is 35.1 Å². The summed E-state index contributed by atoms with van der Waals surface area (Å²) in [6.45, 7) is 2.96. The van der Waals surface area contributed by atoms with Gasteiger partial charge in [0, 0.05) is 24.1 Å². The first-order valence-electron chi connectivity index (χ1n) is 6.23. The molecule has 0 bridgehead atoms. The second-order valence-electron chi connectivity index (χ2n) is 4.50. The molecule has 0 aromatic heterocycles. The lowest BCUT2D eigenvalue weighted by Crippen LogP contribution is -2.30. The highest BCUT2D eigenvalue weighted by atomic mass is 32.2. The van der Waals surface area contributed by atoms with Gasteiger partial charge in [-0.2, -0.15) is 0 Å². The van der Waals surface area contributed by atoms with Crippen molar-refractivity contribution in [1.82, 2.24) is 4.72 Å². The molecule has 1 rings (SSSR count). The Hall–Kier alpha value is -1.42. The number of aliphatic hydroxyl groups excluding tert-OH is 1. The first-order valence-corrected chi connectivity index (χ1v) is 7.78. The topological polar surface area (TPSA) is 66.4 Å². The highest BCUT2D eigenvalue weighted by Gasteiger charge is 2.15. The van der Waals surface area contributed by atoms with Crippen molar-refractivity contribution in [2.24, 2.45) is 0 Å². The first kappa shape index (κ1) is 16.6. The zero-order chi connectivity index (χ0) is 15.2. The van der Waals surface area contributed by atoms with Crippen molar-refractivity contribution in [2.45, 2.75) is 32.1 Å². The number of aliphatic hydroxyl groups is 1. The second kappa shape index (κ2) is 7.39. The van der Waals surface area contributed by atoms with Gasteiger partial charge in [-0.1, -0.05) is 11.8 Å². The van der Waals surface area contributed by atoms with E-state index in [1.807, 2.05) is 0 Å². The minimum absolute atomic E-state index is 0.0325. The molecule has 0 unspecified atom stereocenters. The summed E-state index contributed by atoms with van der Waals surface area (Å²) in [5.41, 5.74) is 0.823. The van der Waals surface area contributed by atoms with Gasteiger partial charge >= 0.3 is 0 Å². The lowest BCUT2D eigenvalue weighted by molar-refractivity contribution is 0.305. The maximum atomic E-state index is 13.6. The van der Waals surface area contributed by atoms with Crippen LogP contribution in [0.1, 0.15) is 31.4 Å². The standard InChI is InChI=1S/C14H18FNO3S/c1-11(2)20(18,19)16-10-13-9-12(5-3-4-8-17)6-7-14(13)15/h6-7,9,11,16-17H,4,8,10H2,1-2H3. The smallest absolute Gasteiger partial charge is 0.214 e. The molecular weight excluding hydrogens is 281 g/mol. The maximum absolute atomic E-state index is 13.6. The molecule has 1 aromatic carbocycles. The number of hydrogen-bond acceptors (Lipinski definition) is 3. The van der Waals surface area contributed by atoms with Crippen LogP contribution in [0.25, 0.3) is 0 Å². The van der Waals surface area contributed by atoms with E-state index in [0.717, 1.165) is 0 Å². The van der Waals surface area contributed by atoms with Gasteiger partial charge in [0.15, 0.2) is 0 Å². The Balaban J connectivity index is 2.86. The third-order valence-corrected chi connectivity index (χ3v) is 4.39. The molecule has 20 heavy (non-hydrogen) atoms. The van der Waals surface area contributed by atoms with E-state index in [4.69, 9.17) is 5.11 Å². The van der Waals surface area contributed by atoms with Crippen molar-refractivity contribution < 1.29 is 17.9 Å². The lowest BCUT2D eigenvalue weighted by Gasteiger charge is -2.10. The minimum atomic E-state index is -3.43. The van der Waals surface area contributed by atoms with Crippen LogP contribution >= 0.6 is 0 Å². The predicted molar refractivity (Wildman–Crippen MR) is 75.9 cm³/mol. The number of benzene rings is 1. The first-order chi connectivity index (χ1) is 9.36. The Labute approximate surface area is 119 Å². The average Bonchev–Trinajstić information content (AvgIpc) is 2.39. The summed E-state index contributed by atoms with van der Waals surface area (Å²) in [6.07, 6.45) is 0.340. The van der Waals surface area contributed by atoms with E-state index in [1.165, 1.54) is 18.2 Å². The van der Waals surface area contributed by atoms with Gasteiger partial charge in [0.2, 0.25) is 10.0 Å². The molecule has 2 N–H and O–H groups in total. The Morgan fingerprint density at radius 2 is 2.10 bits per heavy atom. The molecule has 0 saturated carbocycles. The summed E-state index contributed by atoms with van der Waals surface area (Å²) >= 11 is 0. The molecular formula is C14H18FNO3S. The van der Waals surface area contributed by atoms with Gasteiger partial charge in [-0.15, -0.1) is 0 Å². The number of nitrogens with one attached hydrogen (secondary N) is 1. The van der Waals surface area contributed by atoms with E-state index >= 15 is 0 Å². The maximum Gasteiger partial charge on any atom is 0.214 e. The van der Waals surface area contributed by atoms with Crippen LogP contribution in [0.15, 0.2) is 18.2 Å². The molecule has 110 valence electrons. The van der Waals surface area contributed by atoms with Crippen molar-refractivity contribution in [3.8, 4) is 11.8 Å². The highest BCUT2D eigenvalue weighted by molar-refractivity contribution is 7.90. The lowest BCUT2D eigenvalue weighted by atomic mass is 10.1. The van der Waals surface area contributed by atoms with Crippen LogP contribution in [0.5, 0.6) is 0 Å². The number of rotatable bonds is 5. The van der Waals surface area contributed by atoms with Crippen LogP contribution in [0.2, 0.25) is 0 Å². The van der Waals surface area contributed by atoms with E-state index in [2.05, 4.69) is 16.6 Å². The quantitative estimate of drug-likeness (QED) is 0.807. The summed E-state index contributed by atoms with van der Waals surface area (Å²) in [5, 5.41) is 8.06. The van der Waals surface area contributed by atoms with Gasteiger partial charge in [0.25, 0.3) is 0 Å². The molecule has 0 fully saturated rings. The largest absolute Gasteiger partial charge is 0.395 e. The Kier molecular flexibility index (Phi) is 6.14. The molecule has 6 heteroatoms. The Bertz CT molecular complexity index is 615. The monoisotopic (exact) mass is 299 g/mol. The summed E-state index contributed by atoms with van der Waals surface area (Å²) in [6, 6.07) is 4.27. The van der Waals surface area contributed by atoms with Crippen molar-refractivity contribution in [2.75, 3.05) is 6.61 Å². The van der Waals surface area contributed by atoms with E-state index in [1.54, 1.807) is 13.8 Å². The fourth-order valence-electron chi connectivity index (χ4n) is 1.35. The molecule has 0 saturated heterocycles. The van der Waals surface area contributed by atoms with Gasteiger partial charge in [-0.25, -0.2) is 17.5 Å². The van der Waals surface area contributed by atoms with Crippen LogP contribution in [0, 0.1) is 17.7 Å².